The Balaban J connectivity index is 2.78. The van der Waals surface area contributed by atoms with Gasteiger partial charge in [-0.3, -0.25) is 4.79 Å². The highest BCUT2D eigenvalue weighted by atomic mass is 79.9. The van der Waals surface area contributed by atoms with Crippen molar-refractivity contribution < 1.29 is 9.53 Å². The molecule has 0 N–H and O–H groups in total. The maximum absolute atomic E-state index is 12.4. The highest BCUT2D eigenvalue weighted by Crippen LogP contribution is 2.15. The van der Waals surface area contributed by atoms with Gasteiger partial charge in [0.2, 0.25) is 0 Å². The van der Waals surface area contributed by atoms with Crippen LogP contribution in [-0.4, -0.2) is 35.8 Å². The number of hydrogen-bond acceptors (Lipinski definition) is 2. The van der Waals surface area contributed by atoms with Crippen LogP contribution in [0.5, 0.6) is 5.75 Å². The third-order valence-electron chi connectivity index (χ3n) is 2.69. The van der Waals surface area contributed by atoms with E-state index in [2.05, 4.69) is 29.8 Å². The lowest BCUT2D eigenvalue weighted by Crippen LogP contribution is -2.33. The molecular weight excluding hydrogens is 306 g/mol. The molecule has 0 saturated carbocycles. The lowest BCUT2D eigenvalue weighted by Gasteiger charge is -2.21. The quantitative estimate of drug-likeness (QED) is 0.681. The number of carbonyl (C=O) groups excluding carboxylic acids is 1. The Morgan fingerprint density at radius 3 is 2.68 bits per heavy atom. The smallest absolute Gasteiger partial charge is 0.254 e. The summed E-state index contributed by atoms with van der Waals surface area (Å²) in [6, 6.07) is 7.44. The van der Waals surface area contributed by atoms with Gasteiger partial charge in [0.1, 0.15) is 5.75 Å². The van der Waals surface area contributed by atoms with E-state index in [9.17, 15) is 4.79 Å². The fourth-order valence-corrected chi connectivity index (χ4v) is 2.24. The van der Waals surface area contributed by atoms with Crippen LogP contribution in [0.2, 0.25) is 0 Å². The molecule has 0 bridgehead atoms. The summed E-state index contributed by atoms with van der Waals surface area (Å²) in [6.07, 6.45) is 1.93. The van der Waals surface area contributed by atoms with E-state index in [0.717, 1.165) is 37.0 Å². The van der Waals surface area contributed by atoms with E-state index in [0.29, 0.717) is 12.2 Å². The van der Waals surface area contributed by atoms with Crippen molar-refractivity contribution in [1.29, 1.82) is 0 Å². The zero-order valence-electron chi connectivity index (χ0n) is 11.7. The predicted octanol–water partition coefficient (Wildman–Crippen LogP) is 3.72. The number of ether oxygens (including phenoxy) is 1. The fraction of sp³-hybridized carbons (Fsp3) is 0.533. The van der Waals surface area contributed by atoms with Crippen LogP contribution in [0.4, 0.5) is 0 Å². The molecule has 3 nitrogen and oxygen atoms in total. The Labute approximate surface area is 124 Å². The minimum absolute atomic E-state index is 0.0725. The van der Waals surface area contributed by atoms with Gasteiger partial charge >= 0.3 is 0 Å². The molecule has 0 spiro atoms. The van der Waals surface area contributed by atoms with Crippen LogP contribution >= 0.6 is 15.9 Å². The second-order valence-electron chi connectivity index (χ2n) is 4.36. The van der Waals surface area contributed by atoms with Gasteiger partial charge in [0.05, 0.1) is 6.61 Å². The number of nitrogens with zero attached hydrogens (tertiary/aromatic N) is 1. The Hall–Kier alpha value is -1.03. The van der Waals surface area contributed by atoms with E-state index in [1.165, 1.54) is 0 Å². The summed E-state index contributed by atoms with van der Waals surface area (Å²) in [6.45, 7) is 6.33. The molecule has 0 heterocycles. The standard InChI is InChI=1S/C15H22BrNO2/c1-3-9-17(10-8-16)15(18)13-6-5-7-14(12-13)19-11-4-2/h5-7,12H,3-4,8-11H2,1-2H3. The minimum atomic E-state index is 0.0725. The van der Waals surface area contributed by atoms with Crippen LogP contribution in [0.1, 0.15) is 37.0 Å². The number of benzene rings is 1. The average Bonchev–Trinajstić information content (AvgIpc) is 2.44. The number of alkyl halides is 1. The maximum Gasteiger partial charge on any atom is 0.254 e. The van der Waals surface area contributed by atoms with Gasteiger partial charge in [-0.1, -0.05) is 35.8 Å². The second-order valence-corrected chi connectivity index (χ2v) is 5.15. The van der Waals surface area contributed by atoms with Crippen molar-refractivity contribution in [3.63, 3.8) is 0 Å². The van der Waals surface area contributed by atoms with Crippen LogP contribution in [0.15, 0.2) is 24.3 Å². The predicted molar refractivity (Wildman–Crippen MR) is 82.2 cm³/mol. The van der Waals surface area contributed by atoms with Crippen molar-refractivity contribution in [1.82, 2.24) is 4.90 Å². The van der Waals surface area contributed by atoms with Gasteiger partial charge in [-0.05, 0) is 31.0 Å². The monoisotopic (exact) mass is 327 g/mol. The molecule has 0 radical (unpaired) electrons. The SMILES string of the molecule is CCCOc1cccc(C(=O)N(CCC)CCBr)c1. The van der Waals surface area contributed by atoms with Crippen LogP contribution in [0.25, 0.3) is 0 Å². The van der Waals surface area contributed by atoms with Crippen molar-refractivity contribution in [3.8, 4) is 5.75 Å². The number of hydrogen-bond donors (Lipinski definition) is 0. The van der Waals surface area contributed by atoms with Crippen molar-refractivity contribution >= 4 is 21.8 Å². The minimum Gasteiger partial charge on any atom is -0.494 e. The lowest BCUT2D eigenvalue weighted by molar-refractivity contribution is 0.0766. The van der Waals surface area contributed by atoms with Gasteiger partial charge in [0, 0.05) is 24.0 Å². The molecule has 1 amide bonds. The summed E-state index contributed by atoms with van der Waals surface area (Å²) in [5.41, 5.74) is 0.697. The van der Waals surface area contributed by atoms with E-state index < -0.39 is 0 Å². The highest BCUT2D eigenvalue weighted by Gasteiger charge is 2.14. The first-order valence-corrected chi connectivity index (χ1v) is 7.93. The summed E-state index contributed by atoms with van der Waals surface area (Å²) in [5.74, 6) is 0.839. The molecule has 0 fully saturated rings. The number of rotatable bonds is 8. The largest absolute Gasteiger partial charge is 0.494 e. The first-order chi connectivity index (χ1) is 9.22. The first kappa shape index (κ1) is 16.0. The normalized spacial score (nSPS) is 10.3. The number of amides is 1. The van der Waals surface area contributed by atoms with E-state index in [1.807, 2.05) is 29.2 Å². The zero-order chi connectivity index (χ0) is 14.1. The molecule has 0 atom stereocenters. The van der Waals surface area contributed by atoms with Gasteiger partial charge < -0.3 is 9.64 Å². The molecule has 0 aliphatic rings. The molecule has 0 saturated heterocycles. The molecule has 0 aliphatic heterocycles. The van der Waals surface area contributed by atoms with Crippen LogP contribution in [-0.2, 0) is 0 Å². The molecule has 0 aliphatic carbocycles. The molecule has 0 unspecified atom stereocenters. The first-order valence-electron chi connectivity index (χ1n) is 6.81. The number of carbonyl (C=O) groups is 1. The molecular formula is C15H22BrNO2. The Kier molecular flexibility index (Phi) is 7.56. The van der Waals surface area contributed by atoms with Gasteiger partial charge in [-0.25, -0.2) is 0 Å². The van der Waals surface area contributed by atoms with E-state index >= 15 is 0 Å². The number of halogens is 1. The van der Waals surface area contributed by atoms with E-state index in [1.54, 1.807) is 0 Å². The summed E-state index contributed by atoms with van der Waals surface area (Å²) in [7, 11) is 0. The molecule has 19 heavy (non-hydrogen) atoms. The van der Waals surface area contributed by atoms with Crippen LogP contribution in [0, 0.1) is 0 Å². The van der Waals surface area contributed by atoms with E-state index in [-0.39, 0.29) is 5.91 Å². The Bertz CT molecular complexity index is 389. The molecule has 0 aromatic heterocycles. The van der Waals surface area contributed by atoms with Gasteiger partial charge in [0.25, 0.3) is 5.91 Å². The summed E-state index contributed by atoms with van der Waals surface area (Å²) in [4.78, 5) is 14.3. The van der Waals surface area contributed by atoms with Crippen molar-refractivity contribution in [2.24, 2.45) is 0 Å². The van der Waals surface area contributed by atoms with Gasteiger partial charge in [0.15, 0.2) is 0 Å². The van der Waals surface area contributed by atoms with Gasteiger partial charge in [-0.15, -0.1) is 0 Å². The Morgan fingerprint density at radius 2 is 2.05 bits per heavy atom. The summed E-state index contributed by atoms with van der Waals surface area (Å²) >= 11 is 3.39. The topological polar surface area (TPSA) is 29.5 Å². The second kappa shape index (κ2) is 8.97. The molecule has 1 rings (SSSR count). The maximum atomic E-state index is 12.4. The van der Waals surface area contributed by atoms with Crippen LogP contribution in [0.3, 0.4) is 0 Å². The molecule has 1 aromatic rings. The fourth-order valence-electron chi connectivity index (χ4n) is 1.81. The zero-order valence-corrected chi connectivity index (χ0v) is 13.3. The molecule has 1 aromatic carbocycles. The van der Waals surface area contributed by atoms with E-state index in [4.69, 9.17) is 4.74 Å². The van der Waals surface area contributed by atoms with Crippen LogP contribution < -0.4 is 4.74 Å². The summed E-state index contributed by atoms with van der Waals surface area (Å²) < 4.78 is 5.57. The molecule has 4 heteroatoms. The lowest BCUT2D eigenvalue weighted by atomic mass is 10.2. The van der Waals surface area contributed by atoms with Gasteiger partial charge in [-0.2, -0.15) is 0 Å². The Morgan fingerprint density at radius 1 is 1.26 bits per heavy atom. The van der Waals surface area contributed by atoms with Crippen molar-refractivity contribution in [2.75, 3.05) is 25.0 Å². The third kappa shape index (κ3) is 5.23. The molecule has 106 valence electrons. The highest BCUT2D eigenvalue weighted by molar-refractivity contribution is 9.09. The third-order valence-corrected chi connectivity index (χ3v) is 3.04. The summed E-state index contributed by atoms with van der Waals surface area (Å²) in [5, 5.41) is 0.796. The average molecular weight is 328 g/mol. The van der Waals surface area contributed by atoms with Crippen molar-refractivity contribution in [2.45, 2.75) is 26.7 Å². The van der Waals surface area contributed by atoms with Crippen molar-refractivity contribution in [3.05, 3.63) is 29.8 Å².